The molecule has 0 spiro atoms. The Kier molecular flexibility index (Phi) is 3.42. The van der Waals surface area contributed by atoms with E-state index in [2.05, 4.69) is 69.5 Å². The second kappa shape index (κ2) is 5.80. The molecule has 0 bridgehead atoms. The van der Waals surface area contributed by atoms with E-state index in [1.54, 1.807) is 0 Å². The number of H-pyrrole nitrogens is 1. The van der Waals surface area contributed by atoms with Crippen LogP contribution >= 0.6 is 0 Å². The smallest absolute Gasteiger partial charge is 0.247 e. The lowest BCUT2D eigenvalue weighted by Gasteiger charge is -2.07. The second-order valence-corrected chi connectivity index (χ2v) is 6.92. The minimum atomic E-state index is 0.900. The fourth-order valence-corrected chi connectivity index (χ4v) is 4.16. The van der Waals surface area contributed by atoms with E-state index >= 15 is 0 Å². The highest BCUT2D eigenvalue weighted by atomic mass is 15.3. The number of rotatable bonds is 3. The van der Waals surface area contributed by atoms with Crippen LogP contribution in [-0.2, 0) is 19.3 Å². The largest absolute Gasteiger partial charge is 0.294 e. The Morgan fingerprint density at radius 1 is 1.19 bits per heavy atom. The number of aromatic nitrogens is 5. The van der Waals surface area contributed by atoms with Crippen LogP contribution in [0.1, 0.15) is 36.1 Å². The molecule has 130 valence electrons. The predicted octanol–water partition coefficient (Wildman–Crippen LogP) is 3.36. The first-order chi connectivity index (χ1) is 12.8. The molecule has 0 radical (unpaired) electrons. The number of nitrogens with zero attached hydrogens (tertiary/aromatic N) is 4. The fourth-order valence-electron chi connectivity index (χ4n) is 4.16. The highest BCUT2D eigenvalue weighted by molar-refractivity contribution is 5.77. The van der Waals surface area contributed by atoms with E-state index in [4.69, 9.17) is 4.98 Å². The van der Waals surface area contributed by atoms with Gasteiger partial charge in [0.1, 0.15) is 5.69 Å². The average Bonchev–Trinajstić information content (AvgIpc) is 3.37. The summed E-state index contributed by atoms with van der Waals surface area (Å²) in [5.74, 6) is 2.25. The molecule has 5 heteroatoms. The Balaban J connectivity index is 1.88. The lowest BCUT2D eigenvalue weighted by atomic mass is 10.1. The molecule has 5 rings (SSSR count). The van der Waals surface area contributed by atoms with E-state index in [0.717, 1.165) is 42.8 Å². The third kappa shape index (κ3) is 2.13. The predicted molar refractivity (Wildman–Crippen MR) is 100 cm³/mol. The molecule has 0 amide bonds. The lowest BCUT2D eigenvalue weighted by molar-refractivity contribution is -0.574. The molecule has 4 aromatic rings. The number of fused-ring (bicyclic) bond motifs is 2. The van der Waals surface area contributed by atoms with Crippen molar-refractivity contribution in [1.29, 1.82) is 0 Å². The van der Waals surface area contributed by atoms with Crippen molar-refractivity contribution in [2.45, 2.75) is 39.5 Å². The molecule has 0 atom stereocenters. The van der Waals surface area contributed by atoms with Gasteiger partial charge in [-0.1, -0.05) is 37.3 Å². The molecule has 0 fully saturated rings. The maximum Gasteiger partial charge on any atom is 0.294 e. The Morgan fingerprint density at radius 3 is 2.85 bits per heavy atom. The molecule has 1 N–H and O–H groups in total. The van der Waals surface area contributed by atoms with E-state index < -0.39 is 0 Å². The van der Waals surface area contributed by atoms with E-state index in [-0.39, 0.29) is 0 Å². The van der Waals surface area contributed by atoms with Crippen molar-refractivity contribution in [3.05, 3.63) is 65.5 Å². The first-order valence-corrected chi connectivity index (χ1v) is 9.32. The Hall–Kier alpha value is -2.95. The van der Waals surface area contributed by atoms with Crippen LogP contribution in [0.25, 0.3) is 22.6 Å². The molecule has 5 nitrogen and oxygen atoms in total. The minimum Gasteiger partial charge on any atom is -0.247 e. The van der Waals surface area contributed by atoms with Crippen LogP contribution in [0, 0.1) is 6.92 Å². The molecular weight excluding hydrogens is 322 g/mol. The summed E-state index contributed by atoms with van der Waals surface area (Å²) in [6.45, 7) is 4.28. The average molecular weight is 344 g/mol. The summed E-state index contributed by atoms with van der Waals surface area (Å²) >= 11 is 0. The zero-order valence-electron chi connectivity index (χ0n) is 15.2. The molecule has 1 aromatic carbocycles. The summed E-state index contributed by atoms with van der Waals surface area (Å²) < 4.78 is 4.38. The number of hydrogen-bond acceptors (Lipinski definition) is 2. The van der Waals surface area contributed by atoms with Crippen LogP contribution in [0.4, 0.5) is 0 Å². The number of aryl methyl sites for hydroxylation is 3. The van der Waals surface area contributed by atoms with Gasteiger partial charge in [0.05, 0.1) is 29.2 Å². The monoisotopic (exact) mass is 344 g/mol. The normalized spacial score (nSPS) is 13.5. The van der Waals surface area contributed by atoms with Crippen LogP contribution in [-0.4, -0.2) is 19.6 Å². The van der Waals surface area contributed by atoms with Crippen molar-refractivity contribution < 1.29 is 4.52 Å². The molecule has 0 aliphatic heterocycles. The Labute approximate surface area is 152 Å². The molecule has 1 aliphatic rings. The number of imidazole rings is 1. The standard InChI is InChI=1S/C21H21N5/c1-3-18-22-12-13-25(18)21-16-10-7-11-17(16)23-20-19(14(2)24-26(20)21)15-8-5-4-6-9-15/h4-6,8-9,12-13H,3,7,10-11H2,1-2H3/p+1. The topological polar surface area (TPSA) is 50.6 Å². The van der Waals surface area contributed by atoms with Gasteiger partial charge in [0.25, 0.3) is 11.5 Å². The lowest BCUT2D eigenvalue weighted by Crippen LogP contribution is -2.33. The molecule has 1 aliphatic carbocycles. The van der Waals surface area contributed by atoms with Gasteiger partial charge in [0.2, 0.25) is 0 Å². The second-order valence-electron chi connectivity index (χ2n) is 6.92. The van der Waals surface area contributed by atoms with Crippen molar-refractivity contribution in [3.8, 4) is 16.9 Å². The van der Waals surface area contributed by atoms with E-state index in [1.807, 2.05) is 6.20 Å². The molecule has 0 unspecified atom stereocenters. The van der Waals surface area contributed by atoms with Crippen molar-refractivity contribution >= 4 is 5.65 Å². The van der Waals surface area contributed by atoms with Gasteiger partial charge >= 0.3 is 0 Å². The van der Waals surface area contributed by atoms with Crippen molar-refractivity contribution in [1.82, 2.24) is 19.6 Å². The first-order valence-electron chi connectivity index (χ1n) is 9.32. The number of benzene rings is 1. The quantitative estimate of drug-likeness (QED) is 0.579. The summed E-state index contributed by atoms with van der Waals surface area (Å²) in [5.41, 5.74) is 7.08. The maximum atomic E-state index is 5.08. The van der Waals surface area contributed by atoms with Crippen LogP contribution < -0.4 is 4.52 Å². The number of nitrogens with one attached hydrogen (secondary N) is 1. The van der Waals surface area contributed by atoms with Crippen LogP contribution in [0.15, 0.2) is 42.7 Å². The molecule has 3 heterocycles. The zero-order valence-corrected chi connectivity index (χ0v) is 15.2. The van der Waals surface area contributed by atoms with Gasteiger partial charge in [0, 0.05) is 12.8 Å². The molecule has 3 aromatic heterocycles. The highest BCUT2D eigenvalue weighted by Gasteiger charge is 2.31. The Morgan fingerprint density at radius 2 is 2.04 bits per heavy atom. The van der Waals surface area contributed by atoms with Gasteiger partial charge < -0.3 is 0 Å². The van der Waals surface area contributed by atoms with Gasteiger partial charge in [-0.3, -0.25) is 0 Å². The first kappa shape index (κ1) is 15.3. The summed E-state index contributed by atoms with van der Waals surface area (Å²) in [6, 6.07) is 10.5. The van der Waals surface area contributed by atoms with Gasteiger partial charge in [0.15, 0.2) is 5.82 Å². The molecule has 26 heavy (non-hydrogen) atoms. The van der Waals surface area contributed by atoms with E-state index in [9.17, 15) is 0 Å². The van der Waals surface area contributed by atoms with E-state index in [0.29, 0.717) is 0 Å². The van der Waals surface area contributed by atoms with Crippen LogP contribution in [0.3, 0.4) is 0 Å². The fraction of sp³-hybridized carbons (Fsp3) is 0.286. The van der Waals surface area contributed by atoms with Crippen molar-refractivity contribution in [3.63, 3.8) is 0 Å². The highest BCUT2D eigenvalue weighted by Crippen LogP contribution is 2.30. The van der Waals surface area contributed by atoms with Gasteiger partial charge in [-0.05, 0) is 25.3 Å². The molecule has 0 saturated carbocycles. The van der Waals surface area contributed by atoms with Crippen molar-refractivity contribution in [2.24, 2.45) is 0 Å². The minimum absolute atomic E-state index is 0.900. The summed E-state index contributed by atoms with van der Waals surface area (Å²) in [6.07, 6.45) is 8.14. The van der Waals surface area contributed by atoms with Gasteiger partial charge in [-0.25, -0.2) is 14.6 Å². The maximum absolute atomic E-state index is 5.08. The van der Waals surface area contributed by atoms with E-state index in [1.165, 1.54) is 28.2 Å². The summed E-state index contributed by atoms with van der Waals surface area (Å²) in [5, 5.41) is 3.57. The molecule has 0 saturated heterocycles. The Bertz CT molecular complexity index is 1100. The van der Waals surface area contributed by atoms with Crippen LogP contribution in [0.2, 0.25) is 0 Å². The number of aromatic amines is 1. The third-order valence-corrected chi connectivity index (χ3v) is 5.33. The third-order valence-electron chi connectivity index (χ3n) is 5.33. The van der Waals surface area contributed by atoms with Crippen LogP contribution in [0.5, 0.6) is 0 Å². The van der Waals surface area contributed by atoms with Gasteiger partial charge in [-0.15, -0.1) is 9.50 Å². The molecular formula is C21H22N5+. The zero-order chi connectivity index (χ0) is 17.7. The summed E-state index contributed by atoms with van der Waals surface area (Å²) in [4.78, 5) is 9.62. The summed E-state index contributed by atoms with van der Waals surface area (Å²) in [7, 11) is 0. The number of hydrogen-bond donors (Lipinski definition) is 1. The van der Waals surface area contributed by atoms with Crippen molar-refractivity contribution in [2.75, 3.05) is 0 Å². The SMILES string of the molecule is CCc1nccn1-c1c2c(nc3c(-c4ccccc4)c(C)[nH][n+]13)CCC2. The van der Waals surface area contributed by atoms with Gasteiger partial charge in [-0.2, -0.15) is 0 Å².